The Morgan fingerprint density at radius 2 is 1.92 bits per heavy atom. The highest BCUT2D eigenvalue weighted by atomic mass is 35.5. The van der Waals surface area contributed by atoms with Gasteiger partial charge in [-0.15, -0.1) is 0 Å². The van der Waals surface area contributed by atoms with Gasteiger partial charge in [-0.2, -0.15) is 0 Å². The largest absolute Gasteiger partial charge is 0.491 e. The standard InChI is InChI=1S/C18H22ClNO4S/c1-25(22,23)18-7-5-17(6-8-18)24-13-16(21)12-20-10-9-14-3-2-4-15(19)11-14/h2-8,11,16,20-21H,9-10,12-13H2,1H3/t16-/m1/s1. The maximum atomic E-state index is 11.4. The molecule has 2 rings (SSSR count). The molecule has 0 bridgehead atoms. The second-order valence-electron chi connectivity index (χ2n) is 5.79. The number of sulfone groups is 1. The first-order chi connectivity index (χ1) is 11.8. The number of benzene rings is 2. The maximum absolute atomic E-state index is 11.4. The lowest BCUT2D eigenvalue weighted by Crippen LogP contribution is -2.32. The van der Waals surface area contributed by atoms with Gasteiger partial charge >= 0.3 is 0 Å². The average Bonchev–Trinajstić information content (AvgIpc) is 2.56. The van der Waals surface area contributed by atoms with E-state index in [0.29, 0.717) is 17.3 Å². The van der Waals surface area contributed by atoms with Gasteiger partial charge in [0, 0.05) is 17.8 Å². The van der Waals surface area contributed by atoms with E-state index in [0.717, 1.165) is 24.8 Å². The molecular weight excluding hydrogens is 362 g/mol. The van der Waals surface area contributed by atoms with Crippen LogP contribution in [0.2, 0.25) is 5.02 Å². The van der Waals surface area contributed by atoms with E-state index in [1.807, 2.05) is 24.3 Å². The van der Waals surface area contributed by atoms with Crippen molar-refractivity contribution in [1.29, 1.82) is 0 Å². The van der Waals surface area contributed by atoms with Gasteiger partial charge in [0.05, 0.1) is 4.90 Å². The van der Waals surface area contributed by atoms with E-state index < -0.39 is 15.9 Å². The van der Waals surface area contributed by atoms with Crippen molar-refractivity contribution < 1.29 is 18.3 Å². The Kier molecular flexibility index (Phi) is 7.25. The molecule has 0 aromatic heterocycles. The first kappa shape index (κ1) is 19.7. The predicted molar refractivity (Wildman–Crippen MR) is 99.1 cm³/mol. The van der Waals surface area contributed by atoms with Crippen LogP contribution in [0, 0.1) is 0 Å². The zero-order valence-corrected chi connectivity index (χ0v) is 15.6. The first-order valence-corrected chi connectivity index (χ1v) is 10.2. The SMILES string of the molecule is CS(=O)(=O)c1ccc(OC[C@H](O)CNCCc2cccc(Cl)c2)cc1. The van der Waals surface area contributed by atoms with Crippen molar-refractivity contribution in [1.82, 2.24) is 5.32 Å². The number of aliphatic hydroxyl groups is 1. The van der Waals surface area contributed by atoms with Crippen molar-refractivity contribution in [2.75, 3.05) is 26.0 Å². The summed E-state index contributed by atoms with van der Waals surface area (Å²) in [7, 11) is -3.21. The van der Waals surface area contributed by atoms with Crippen molar-refractivity contribution in [3.63, 3.8) is 0 Å². The summed E-state index contributed by atoms with van der Waals surface area (Å²) in [6.07, 6.45) is 1.32. The molecule has 5 nitrogen and oxygen atoms in total. The van der Waals surface area contributed by atoms with E-state index in [4.69, 9.17) is 16.3 Å². The number of aliphatic hydroxyl groups excluding tert-OH is 1. The molecule has 0 radical (unpaired) electrons. The summed E-state index contributed by atoms with van der Waals surface area (Å²) in [5, 5.41) is 13.8. The molecule has 1 atom stereocenters. The van der Waals surface area contributed by atoms with E-state index in [2.05, 4.69) is 5.32 Å². The predicted octanol–water partition coefficient (Wildman–Crippen LogP) is 2.32. The highest BCUT2D eigenvalue weighted by Gasteiger charge is 2.08. The highest BCUT2D eigenvalue weighted by molar-refractivity contribution is 7.90. The molecule has 0 unspecified atom stereocenters. The number of rotatable bonds is 9. The fraction of sp³-hybridized carbons (Fsp3) is 0.333. The topological polar surface area (TPSA) is 75.6 Å². The smallest absolute Gasteiger partial charge is 0.175 e. The second-order valence-corrected chi connectivity index (χ2v) is 8.24. The van der Waals surface area contributed by atoms with Crippen LogP contribution in [0.3, 0.4) is 0 Å². The van der Waals surface area contributed by atoms with E-state index >= 15 is 0 Å². The van der Waals surface area contributed by atoms with Crippen LogP contribution in [0.1, 0.15) is 5.56 Å². The Labute approximate surface area is 153 Å². The Morgan fingerprint density at radius 1 is 1.20 bits per heavy atom. The summed E-state index contributed by atoms with van der Waals surface area (Å²) in [6.45, 7) is 1.25. The molecule has 25 heavy (non-hydrogen) atoms. The molecule has 2 aromatic carbocycles. The summed E-state index contributed by atoms with van der Waals surface area (Å²) < 4.78 is 28.2. The van der Waals surface area contributed by atoms with Gasteiger partial charge in [-0.3, -0.25) is 0 Å². The minimum absolute atomic E-state index is 0.127. The zero-order chi connectivity index (χ0) is 18.3. The number of hydrogen-bond acceptors (Lipinski definition) is 5. The fourth-order valence-electron chi connectivity index (χ4n) is 2.23. The minimum atomic E-state index is -3.21. The van der Waals surface area contributed by atoms with Gasteiger partial charge in [-0.25, -0.2) is 8.42 Å². The van der Waals surface area contributed by atoms with Crippen LogP contribution in [-0.2, 0) is 16.3 Å². The van der Waals surface area contributed by atoms with Crippen molar-refractivity contribution >= 4 is 21.4 Å². The molecule has 0 saturated heterocycles. The molecule has 2 aromatic rings. The molecular formula is C18H22ClNO4S. The molecule has 0 aliphatic carbocycles. The van der Waals surface area contributed by atoms with Crippen LogP contribution in [0.5, 0.6) is 5.75 Å². The van der Waals surface area contributed by atoms with Gasteiger partial charge in [-0.05, 0) is 54.9 Å². The van der Waals surface area contributed by atoms with Crippen LogP contribution in [-0.4, -0.2) is 45.6 Å². The van der Waals surface area contributed by atoms with Crippen molar-refractivity contribution in [3.8, 4) is 5.75 Å². The van der Waals surface area contributed by atoms with Crippen LogP contribution in [0.15, 0.2) is 53.4 Å². The number of ether oxygens (including phenoxy) is 1. The fourth-order valence-corrected chi connectivity index (χ4v) is 3.07. The molecule has 0 aliphatic rings. The van der Waals surface area contributed by atoms with Gasteiger partial charge in [0.15, 0.2) is 9.84 Å². The lowest BCUT2D eigenvalue weighted by atomic mass is 10.1. The molecule has 0 amide bonds. The van der Waals surface area contributed by atoms with Crippen molar-refractivity contribution in [3.05, 3.63) is 59.1 Å². The molecule has 0 heterocycles. The van der Waals surface area contributed by atoms with Crippen LogP contribution >= 0.6 is 11.6 Å². The quantitative estimate of drug-likeness (QED) is 0.650. The average molecular weight is 384 g/mol. The summed E-state index contributed by atoms with van der Waals surface area (Å²) in [6, 6.07) is 13.8. The molecule has 136 valence electrons. The first-order valence-electron chi connectivity index (χ1n) is 7.91. The maximum Gasteiger partial charge on any atom is 0.175 e. The second kappa shape index (κ2) is 9.20. The molecule has 0 fully saturated rings. The monoisotopic (exact) mass is 383 g/mol. The molecule has 7 heteroatoms. The van der Waals surface area contributed by atoms with Crippen LogP contribution < -0.4 is 10.1 Å². The molecule has 0 spiro atoms. The van der Waals surface area contributed by atoms with E-state index in [9.17, 15) is 13.5 Å². The number of halogens is 1. The van der Waals surface area contributed by atoms with E-state index in [1.54, 1.807) is 12.1 Å². The third-order valence-electron chi connectivity index (χ3n) is 3.55. The zero-order valence-electron chi connectivity index (χ0n) is 14.0. The van der Waals surface area contributed by atoms with Crippen LogP contribution in [0.4, 0.5) is 0 Å². The van der Waals surface area contributed by atoms with Crippen molar-refractivity contribution in [2.24, 2.45) is 0 Å². The molecule has 2 N–H and O–H groups in total. The Morgan fingerprint density at radius 3 is 2.56 bits per heavy atom. The van der Waals surface area contributed by atoms with Gasteiger partial charge in [-0.1, -0.05) is 23.7 Å². The third kappa shape index (κ3) is 7.04. The van der Waals surface area contributed by atoms with Crippen molar-refractivity contribution in [2.45, 2.75) is 17.4 Å². The summed E-state index contributed by atoms with van der Waals surface area (Å²) in [5.74, 6) is 0.519. The highest BCUT2D eigenvalue weighted by Crippen LogP contribution is 2.16. The van der Waals surface area contributed by atoms with E-state index in [1.165, 1.54) is 12.1 Å². The normalized spacial score (nSPS) is 12.8. The van der Waals surface area contributed by atoms with E-state index in [-0.39, 0.29) is 11.5 Å². The molecule has 0 aliphatic heterocycles. The number of nitrogens with one attached hydrogen (secondary N) is 1. The van der Waals surface area contributed by atoms with Gasteiger partial charge < -0.3 is 15.2 Å². The Bertz CT molecular complexity index is 778. The van der Waals surface area contributed by atoms with Gasteiger partial charge in [0.25, 0.3) is 0 Å². The lowest BCUT2D eigenvalue weighted by molar-refractivity contribution is 0.106. The Balaban J connectivity index is 1.67. The third-order valence-corrected chi connectivity index (χ3v) is 4.92. The van der Waals surface area contributed by atoms with Gasteiger partial charge in [0.2, 0.25) is 0 Å². The lowest BCUT2D eigenvalue weighted by Gasteiger charge is -2.13. The van der Waals surface area contributed by atoms with Crippen LogP contribution in [0.25, 0.3) is 0 Å². The minimum Gasteiger partial charge on any atom is -0.491 e. The summed E-state index contributed by atoms with van der Waals surface area (Å²) in [5.41, 5.74) is 1.14. The Hall–Kier alpha value is -1.60. The summed E-state index contributed by atoms with van der Waals surface area (Å²) >= 11 is 5.93. The molecule has 0 saturated carbocycles. The number of hydrogen-bond donors (Lipinski definition) is 2. The summed E-state index contributed by atoms with van der Waals surface area (Å²) in [4.78, 5) is 0.239. The van der Waals surface area contributed by atoms with Gasteiger partial charge in [0.1, 0.15) is 18.5 Å².